The standard InChI is InChI=1S/C21H27NO3/c1-15(23)16-9-11-21(14-22,12-10-16)17-7-8-19(24-2)20(13-17)25-18-5-3-4-6-18/h7-8,13,16,18H,3-6,9-12H2,1-2H3. The minimum absolute atomic E-state index is 0.105. The number of carbonyl (C=O) groups is 1. The van der Waals surface area contributed by atoms with Crippen molar-refractivity contribution in [1.29, 1.82) is 5.26 Å². The molecule has 0 N–H and O–H groups in total. The Morgan fingerprint density at radius 3 is 2.40 bits per heavy atom. The smallest absolute Gasteiger partial charge is 0.161 e. The van der Waals surface area contributed by atoms with Crippen molar-refractivity contribution in [2.45, 2.75) is 69.8 Å². The van der Waals surface area contributed by atoms with Crippen LogP contribution >= 0.6 is 0 Å². The molecule has 0 unspecified atom stereocenters. The fraction of sp³-hybridized carbons (Fsp3) is 0.619. The monoisotopic (exact) mass is 341 g/mol. The highest BCUT2D eigenvalue weighted by Gasteiger charge is 2.39. The molecule has 0 atom stereocenters. The number of methoxy groups -OCH3 is 1. The first-order chi connectivity index (χ1) is 12.1. The van der Waals surface area contributed by atoms with E-state index in [1.165, 1.54) is 12.8 Å². The maximum atomic E-state index is 11.6. The molecule has 0 spiro atoms. The molecule has 0 aromatic heterocycles. The van der Waals surface area contributed by atoms with Crippen molar-refractivity contribution in [3.8, 4) is 17.6 Å². The molecule has 4 heteroatoms. The number of carbonyl (C=O) groups excluding carboxylic acids is 1. The third kappa shape index (κ3) is 3.66. The first kappa shape index (κ1) is 17.8. The zero-order valence-corrected chi connectivity index (χ0v) is 15.2. The van der Waals surface area contributed by atoms with Crippen molar-refractivity contribution in [2.75, 3.05) is 7.11 Å². The molecule has 2 fully saturated rings. The Morgan fingerprint density at radius 1 is 1.16 bits per heavy atom. The second-order valence-corrected chi connectivity index (χ2v) is 7.47. The highest BCUT2D eigenvalue weighted by atomic mass is 16.5. The van der Waals surface area contributed by atoms with E-state index in [0.717, 1.165) is 55.6 Å². The molecular weight excluding hydrogens is 314 g/mol. The Balaban J connectivity index is 1.85. The van der Waals surface area contributed by atoms with Crippen LogP contribution in [0.4, 0.5) is 0 Å². The van der Waals surface area contributed by atoms with Gasteiger partial charge in [0.15, 0.2) is 11.5 Å². The number of nitriles is 1. The molecule has 25 heavy (non-hydrogen) atoms. The van der Waals surface area contributed by atoms with Gasteiger partial charge in [0.05, 0.1) is 24.7 Å². The molecule has 0 amide bonds. The quantitative estimate of drug-likeness (QED) is 0.788. The molecular formula is C21H27NO3. The summed E-state index contributed by atoms with van der Waals surface area (Å²) in [5.41, 5.74) is 0.470. The minimum atomic E-state index is -0.522. The molecule has 0 saturated heterocycles. The first-order valence-corrected chi connectivity index (χ1v) is 9.35. The Bertz CT molecular complexity index is 662. The Hall–Kier alpha value is -2.02. The summed E-state index contributed by atoms with van der Waals surface area (Å²) < 4.78 is 11.6. The van der Waals surface area contributed by atoms with Gasteiger partial charge in [0, 0.05) is 5.92 Å². The Morgan fingerprint density at radius 2 is 1.84 bits per heavy atom. The summed E-state index contributed by atoms with van der Waals surface area (Å²) in [6.07, 6.45) is 7.85. The van der Waals surface area contributed by atoms with Crippen molar-refractivity contribution in [3.63, 3.8) is 0 Å². The van der Waals surface area contributed by atoms with Gasteiger partial charge < -0.3 is 9.47 Å². The van der Waals surface area contributed by atoms with Gasteiger partial charge in [-0.25, -0.2) is 0 Å². The van der Waals surface area contributed by atoms with Crippen molar-refractivity contribution in [2.24, 2.45) is 5.92 Å². The molecule has 0 bridgehead atoms. The number of rotatable bonds is 5. The Labute approximate surface area is 150 Å². The van der Waals surface area contributed by atoms with E-state index in [9.17, 15) is 10.1 Å². The molecule has 1 aromatic carbocycles. The fourth-order valence-corrected chi connectivity index (χ4v) is 4.23. The topological polar surface area (TPSA) is 59.3 Å². The second kappa shape index (κ2) is 7.47. The van der Waals surface area contributed by atoms with Gasteiger partial charge in [0.1, 0.15) is 5.78 Å². The van der Waals surface area contributed by atoms with Crippen LogP contribution in [0, 0.1) is 17.2 Å². The maximum Gasteiger partial charge on any atom is 0.161 e. The lowest BCUT2D eigenvalue weighted by molar-refractivity contribution is -0.121. The van der Waals surface area contributed by atoms with Crippen molar-refractivity contribution < 1.29 is 14.3 Å². The van der Waals surface area contributed by atoms with Crippen LogP contribution in [0.2, 0.25) is 0 Å². The molecule has 2 aliphatic carbocycles. The van der Waals surface area contributed by atoms with E-state index in [4.69, 9.17) is 9.47 Å². The summed E-state index contributed by atoms with van der Waals surface area (Å²) in [5, 5.41) is 9.91. The third-order valence-corrected chi connectivity index (χ3v) is 5.94. The summed E-state index contributed by atoms with van der Waals surface area (Å²) in [6, 6.07) is 8.43. The number of Topliss-reactive ketones (excluding diaryl/α,β-unsaturated/α-hetero) is 1. The van der Waals surface area contributed by atoms with E-state index < -0.39 is 5.41 Å². The van der Waals surface area contributed by atoms with Gasteiger partial charge in [0.25, 0.3) is 0 Å². The number of ether oxygens (including phenoxy) is 2. The number of ketones is 1. The average molecular weight is 341 g/mol. The molecule has 0 radical (unpaired) electrons. The van der Waals surface area contributed by atoms with Crippen LogP contribution in [0.3, 0.4) is 0 Å². The molecule has 0 aliphatic heterocycles. The zero-order chi connectivity index (χ0) is 17.9. The number of hydrogen-bond acceptors (Lipinski definition) is 4. The lowest BCUT2D eigenvalue weighted by Crippen LogP contribution is -2.32. The summed E-state index contributed by atoms with van der Waals surface area (Å²) in [6.45, 7) is 1.66. The van der Waals surface area contributed by atoms with Crippen LogP contribution in [0.15, 0.2) is 18.2 Å². The lowest BCUT2D eigenvalue weighted by Gasteiger charge is -2.35. The van der Waals surface area contributed by atoms with E-state index in [2.05, 4.69) is 6.07 Å². The van der Waals surface area contributed by atoms with Crippen molar-refractivity contribution in [3.05, 3.63) is 23.8 Å². The summed E-state index contributed by atoms with van der Waals surface area (Å²) in [7, 11) is 1.65. The molecule has 3 rings (SSSR count). The number of hydrogen-bond donors (Lipinski definition) is 0. The minimum Gasteiger partial charge on any atom is -0.493 e. The second-order valence-electron chi connectivity index (χ2n) is 7.47. The lowest BCUT2D eigenvalue weighted by atomic mass is 9.67. The highest BCUT2D eigenvalue weighted by Crippen LogP contribution is 2.44. The summed E-state index contributed by atoms with van der Waals surface area (Å²) in [5.74, 6) is 1.82. The van der Waals surface area contributed by atoms with Crippen LogP contribution in [-0.2, 0) is 10.2 Å². The summed E-state index contributed by atoms with van der Waals surface area (Å²) in [4.78, 5) is 11.6. The van der Waals surface area contributed by atoms with Gasteiger partial charge in [-0.15, -0.1) is 0 Å². The van der Waals surface area contributed by atoms with Crippen LogP contribution < -0.4 is 9.47 Å². The maximum absolute atomic E-state index is 11.6. The number of benzene rings is 1. The largest absolute Gasteiger partial charge is 0.493 e. The van der Waals surface area contributed by atoms with Gasteiger partial charge in [-0.2, -0.15) is 5.26 Å². The van der Waals surface area contributed by atoms with Crippen LogP contribution in [-0.4, -0.2) is 19.0 Å². The number of nitrogens with zero attached hydrogens (tertiary/aromatic N) is 1. The van der Waals surface area contributed by atoms with E-state index in [1.54, 1.807) is 14.0 Å². The van der Waals surface area contributed by atoms with Gasteiger partial charge in [-0.05, 0) is 76.0 Å². The van der Waals surface area contributed by atoms with Gasteiger partial charge >= 0.3 is 0 Å². The first-order valence-electron chi connectivity index (χ1n) is 9.35. The van der Waals surface area contributed by atoms with E-state index in [-0.39, 0.29) is 17.8 Å². The van der Waals surface area contributed by atoms with E-state index >= 15 is 0 Å². The molecule has 134 valence electrons. The van der Waals surface area contributed by atoms with Crippen LogP contribution in [0.5, 0.6) is 11.5 Å². The molecule has 2 aliphatic rings. The summed E-state index contributed by atoms with van der Waals surface area (Å²) >= 11 is 0. The third-order valence-electron chi connectivity index (χ3n) is 5.94. The SMILES string of the molecule is COc1ccc(C2(C#N)CCC(C(C)=O)CC2)cc1OC1CCCC1. The van der Waals surface area contributed by atoms with Crippen LogP contribution in [0.1, 0.15) is 63.9 Å². The highest BCUT2D eigenvalue weighted by molar-refractivity contribution is 5.78. The molecule has 0 heterocycles. The molecule has 2 saturated carbocycles. The molecule has 1 aromatic rings. The van der Waals surface area contributed by atoms with Crippen molar-refractivity contribution >= 4 is 5.78 Å². The van der Waals surface area contributed by atoms with Gasteiger partial charge in [0.2, 0.25) is 0 Å². The zero-order valence-electron chi connectivity index (χ0n) is 15.2. The fourth-order valence-electron chi connectivity index (χ4n) is 4.23. The predicted octanol–water partition coefficient (Wildman–Crippen LogP) is 4.56. The Kier molecular flexibility index (Phi) is 5.32. The predicted molar refractivity (Wildman–Crippen MR) is 95.8 cm³/mol. The average Bonchev–Trinajstić information content (AvgIpc) is 3.14. The van der Waals surface area contributed by atoms with E-state index in [0.29, 0.717) is 0 Å². The van der Waals surface area contributed by atoms with Gasteiger partial charge in [-0.3, -0.25) is 4.79 Å². The van der Waals surface area contributed by atoms with E-state index in [1.807, 2.05) is 18.2 Å². The normalized spacial score (nSPS) is 26.8. The molecule has 4 nitrogen and oxygen atoms in total. The van der Waals surface area contributed by atoms with Crippen LogP contribution in [0.25, 0.3) is 0 Å². The van der Waals surface area contributed by atoms with Crippen molar-refractivity contribution in [1.82, 2.24) is 0 Å². The van der Waals surface area contributed by atoms with Gasteiger partial charge in [-0.1, -0.05) is 6.07 Å².